The molecule has 3 aromatic carbocycles. The number of nitrogens with one attached hydrogen (secondary N) is 1. The maximum atomic E-state index is 15.6. The first-order valence-corrected chi connectivity index (χ1v) is 16.4. The summed E-state index contributed by atoms with van der Waals surface area (Å²) in [6, 6.07) is 18.9. The van der Waals surface area contributed by atoms with Crippen LogP contribution in [0.3, 0.4) is 0 Å². The molecule has 0 aliphatic heterocycles. The highest BCUT2D eigenvalue weighted by molar-refractivity contribution is 7.80. The van der Waals surface area contributed by atoms with E-state index in [9.17, 15) is 14.7 Å². The molecule has 3 aromatic rings. The molecule has 0 heterocycles. The van der Waals surface area contributed by atoms with E-state index in [-0.39, 0.29) is 35.5 Å². The standard InChI is InChI=1S/C32H39Cl2N2O5P/c1-21(2)18-28(35)30(37)36-29(19-22(3)4)32(39,31(38)41-20-23-8-6-5-7-9-23)42(40,26-14-10-24(33)11-15-26)27-16-12-25(34)13-17-27/h5-17,21-22,28-29,39H,18-20,35H2,1-4H3,(H,36,37)/t28-,29-,32+/m0/s1. The predicted molar refractivity (Wildman–Crippen MR) is 170 cm³/mol. The van der Waals surface area contributed by atoms with Crippen LogP contribution in [0.1, 0.15) is 46.1 Å². The lowest BCUT2D eigenvalue weighted by molar-refractivity contribution is -0.161. The molecule has 0 aliphatic carbocycles. The molecule has 42 heavy (non-hydrogen) atoms. The molecule has 0 unspecified atom stereocenters. The average Bonchev–Trinajstić information content (AvgIpc) is 2.95. The number of amides is 1. The van der Waals surface area contributed by atoms with Crippen LogP contribution >= 0.6 is 30.3 Å². The van der Waals surface area contributed by atoms with Crippen LogP contribution in [0.4, 0.5) is 0 Å². The molecule has 10 heteroatoms. The molecule has 0 radical (unpaired) electrons. The van der Waals surface area contributed by atoms with Gasteiger partial charge in [0.2, 0.25) is 11.2 Å². The fourth-order valence-electron chi connectivity index (χ4n) is 4.85. The zero-order valence-electron chi connectivity index (χ0n) is 24.3. The van der Waals surface area contributed by atoms with Crippen molar-refractivity contribution in [3.05, 3.63) is 94.5 Å². The second kappa shape index (κ2) is 14.7. The fraction of sp³-hybridized carbons (Fsp3) is 0.375. The number of ether oxygens (including phenoxy) is 1. The van der Waals surface area contributed by atoms with Gasteiger partial charge in [0.05, 0.1) is 12.1 Å². The van der Waals surface area contributed by atoms with Crippen LogP contribution in [0.25, 0.3) is 0 Å². The van der Waals surface area contributed by atoms with Gasteiger partial charge in [0.15, 0.2) is 7.14 Å². The Bertz CT molecular complexity index is 1330. The molecule has 0 aromatic heterocycles. The summed E-state index contributed by atoms with van der Waals surface area (Å²) >= 11 is 12.3. The lowest BCUT2D eigenvalue weighted by Gasteiger charge is -2.41. The van der Waals surface area contributed by atoms with Crippen molar-refractivity contribution in [2.45, 2.75) is 64.6 Å². The minimum atomic E-state index is -4.38. The van der Waals surface area contributed by atoms with Crippen molar-refractivity contribution in [3.8, 4) is 0 Å². The van der Waals surface area contributed by atoms with Crippen LogP contribution in [0.2, 0.25) is 10.0 Å². The topological polar surface area (TPSA) is 119 Å². The molecule has 1 amide bonds. The van der Waals surface area contributed by atoms with E-state index in [1.54, 1.807) is 24.3 Å². The molecular formula is C32H39Cl2N2O5P. The Kier molecular flexibility index (Phi) is 11.8. The molecule has 0 bridgehead atoms. The quantitative estimate of drug-likeness (QED) is 0.166. The Morgan fingerprint density at radius 3 is 1.79 bits per heavy atom. The zero-order valence-corrected chi connectivity index (χ0v) is 26.7. The Hall–Kier alpha value is -2.67. The van der Waals surface area contributed by atoms with Gasteiger partial charge in [0.1, 0.15) is 6.61 Å². The van der Waals surface area contributed by atoms with Crippen molar-refractivity contribution in [2.75, 3.05) is 0 Å². The van der Waals surface area contributed by atoms with Gasteiger partial charge in [-0.25, -0.2) is 4.79 Å². The fourth-order valence-corrected chi connectivity index (χ4v) is 8.26. The van der Waals surface area contributed by atoms with Gasteiger partial charge in [-0.3, -0.25) is 4.79 Å². The predicted octanol–water partition coefficient (Wildman–Crippen LogP) is 5.64. The first-order chi connectivity index (χ1) is 19.8. The van der Waals surface area contributed by atoms with Gasteiger partial charge in [-0.1, -0.05) is 81.2 Å². The number of hydrogen-bond donors (Lipinski definition) is 3. The minimum absolute atomic E-state index is 0.0994. The highest BCUT2D eigenvalue weighted by Gasteiger charge is 2.61. The second-order valence-electron chi connectivity index (χ2n) is 11.3. The summed E-state index contributed by atoms with van der Waals surface area (Å²) in [5, 5.41) is 13.9. The van der Waals surface area contributed by atoms with Gasteiger partial charge < -0.3 is 25.5 Å². The van der Waals surface area contributed by atoms with Crippen molar-refractivity contribution in [2.24, 2.45) is 17.6 Å². The lowest BCUT2D eigenvalue weighted by Crippen LogP contribution is -2.62. The van der Waals surface area contributed by atoms with Crippen LogP contribution in [-0.2, 0) is 25.5 Å². The van der Waals surface area contributed by atoms with Crippen LogP contribution in [0, 0.1) is 11.8 Å². The van der Waals surface area contributed by atoms with E-state index in [1.807, 2.05) is 33.8 Å². The highest BCUT2D eigenvalue weighted by atomic mass is 35.5. The van der Waals surface area contributed by atoms with Crippen molar-refractivity contribution < 1.29 is 24.0 Å². The summed E-state index contributed by atoms with van der Waals surface area (Å²) in [6.07, 6.45) is 0.478. The molecule has 0 saturated heterocycles. The van der Waals surface area contributed by atoms with Crippen LogP contribution in [0.5, 0.6) is 0 Å². The maximum Gasteiger partial charge on any atom is 0.349 e. The van der Waals surface area contributed by atoms with E-state index in [2.05, 4.69) is 5.32 Å². The average molecular weight is 634 g/mol. The number of rotatable bonds is 13. The molecule has 0 spiro atoms. The first-order valence-electron chi connectivity index (χ1n) is 13.9. The van der Waals surface area contributed by atoms with Crippen molar-refractivity contribution in [1.82, 2.24) is 5.32 Å². The molecule has 7 nitrogen and oxygen atoms in total. The van der Waals surface area contributed by atoms with E-state index in [1.165, 1.54) is 48.5 Å². The number of carbonyl (C=O) groups excluding carboxylic acids is 2. The SMILES string of the molecule is CC(C)C[C@H](NC(=O)[C@@H](N)CC(C)C)[C@](O)(C(=O)OCc1ccccc1)P(=O)(c1ccc(Cl)cc1)c1ccc(Cl)cc1. The van der Waals surface area contributed by atoms with E-state index in [4.69, 9.17) is 33.7 Å². The largest absolute Gasteiger partial charge is 0.458 e. The summed E-state index contributed by atoms with van der Waals surface area (Å²) in [5.74, 6) is -1.71. The molecule has 0 saturated carbocycles. The first kappa shape index (κ1) is 33.8. The summed E-state index contributed by atoms with van der Waals surface area (Å²) in [5.41, 5.74) is 6.88. The van der Waals surface area contributed by atoms with Gasteiger partial charge in [-0.2, -0.15) is 0 Å². The number of benzene rings is 3. The number of carbonyl (C=O) groups is 2. The number of nitrogens with two attached hydrogens (primary N) is 1. The Morgan fingerprint density at radius 2 is 1.33 bits per heavy atom. The van der Waals surface area contributed by atoms with Crippen molar-refractivity contribution in [1.29, 1.82) is 0 Å². The van der Waals surface area contributed by atoms with E-state index in [0.717, 1.165) is 0 Å². The third-order valence-corrected chi connectivity index (χ3v) is 11.0. The number of halogens is 2. The van der Waals surface area contributed by atoms with Gasteiger partial charge in [0.25, 0.3) is 0 Å². The summed E-state index contributed by atoms with van der Waals surface area (Å²) < 4.78 is 21.3. The van der Waals surface area contributed by atoms with Crippen LogP contribution < -0.4 is 21.7 Å². The molecule has 226 valence electrons. The van der Waals surface area contributed by atoms with Crippen LogP contribution in [-0.4, -0.2) is 34.4 Å². The van der Waals surface area contributed by atoms with E-state index >= 15 is 4.57 Å². The Balaban J connectivity index is 2.26. The molecule has 0 fully saturated rings. The normalized spacial score (nSPS) is 14.7. The number of aliphatic hydroxyl groups is 1. The molecule has 0 aliphatic rings. The van der Waals surface area contributed by atoms with Crippen molar-refractivity contribution >= 4 is 52.8 Å². The third-order valence-electron chi connectivity index (χ3n) is 6.95. The summed E-state index contributed by atoms with van der Waals surface area (Å²) in [7, 11) is -4.38. The van der Waals surface area contributed by atoms with Crippen LogP contribution in [0.15, 0.2) is 78.9 Å². The summed E-state index contributed by atoms with van der Waals surface area (Å²) in [4.78, 5) is 27.6. The zero-order chi connectivity index (χ0) is 31.1. The molecule has 4 N–H and O–H groups in total. The van der Waals surface area contributed by atoms with Gasteiger partial charge in [-0.05, 0) is 78.8 Å². The molecular weight excluding hydrogens is 594 g/mol. The van der Waals surface area contributed by atoms with Crippen molar-refractivity contribution in [3.63, 3.8) is 0 Å². The maximum absolute atomic E-state index is 15.6. The smallest absolute Gasteiger partial charge is 0.349 e. The minimum Gasteiger partial charge on any atom is -0.458 e. The Labute approximate surface area is 258 Å². The third kappa shape index (κ3) is 7.83. The molecule has 3 rings (SSSR count). The highest BCUT2D eigenvalue weighted by Crippen LogP contribution is 2.58. The van der Waals surface area contributed by atoms with E-state index < -0.39 is 36.4 Å². The number of hydrogen-bond acceptors (Lipinski definition) is 6. The Morgan fingerprint density at radius 1 is 0.857 bits per heavy atom. The molecule has 3 atom stereocenters. The lowest BCUT2D eigenvalue weighted by atomic mass is 9.97. The van der Waals surface area contributed by atoms with Gasteiger partial charge >= 0.3 is 5.97 Å². The van der Waals surface area contributed by atoms with Gasteiger partial charge in [-0.15, -0.1) is 0 Å². The summed E-state index contributed by atoms with van der Waals surface area (Å²) in [6.45, 7) is 7.44. The number of esters is 1. The monoisotopic (exact) mass is 632 g/mol. The van der Waals surface area contributed by atoms with E-state index in [0.29, 0.717) is 22.0 Å². The second-order valence-corrected chi connectivity index (χ2v) is 15.1. The van der Waals surface area contributed by atoms with Gasteiger partial charge in [0, 0.05) is 20.7 Å².